The van der Waals surface area contributed by atoms with Crippen molar-refractivity contribution in [2.45, 2.75) is 58.8 Å². The number of hydrogen-bond donors (Lipinski definition) is 2. The van der Waals surface area contributed by atoms with E-state index in [2.05, 4.69) is 10.2 Å². The Kier molecular flexibility index (Phi) is 6.82. The molecule has 7 nitrogen and oxygen atoms in total. The molecule has 3 N–H and O–H groups in total. The summed E-state index contributed by atoms with van der Waals surface area (Å²) in [6, 6.07) is -0.237. The molecule has 0 aromatic carbocycles. The number of morpholine rings is 1. The van der Waals surface area contributed by atoms with Crippen molar-refractivity contribution in [3.8, 4) is 0 Å². The minimum absolute atomic E-state index is 0.0385. The molecule has 3 atom stereocenters. The van der Waals surface area contributed by atoms with Crippen molar-refractivity contribution in [3.63, 3.8) is 0 Å². The average molecular weight is 355 g/mol. The van der Waals surface area contributed by atoms with E-state index in [1.807, 2.05) is 27.7 Å². The molecule has 25 heavy (non-hydrogen) atoms. The molecule has 3 unspecified atom stereocenters. The molecule has 0 radical (unpaired) electrons. The van der Waals surface area contributed by atoms with Crippen LogP contribution in [-0.4, -0.2) is 67.8 Å². The van der Waals surface area contributed by atoms with E-state index >= 15 is 0 Å². The van der Waals surface area contributed by atoms with Gasteiger partial charge in [-0.3, -0.25) is 14.5 Å². The van der Waals surface area contributed by atoms with Crippen molar-refractivity contribution in [2.75, 3.05) is 32.8 Å². The summed E-state index contributed by atoms with van der Waals surface area (Å²) >= 11 is 0. The fourth-order valence-electron chi connectivity index (χ4n) is 3.97. The van der Waals surface area contributed by atoms with Crippen molar-refractivity contribution < 1.29 is 19.1 Å². The summed E-state index contributed by atoms with van der Waals surface area (Å²) in [5.74, 6) is -0.231. The van der Waals surface area contributed by atoms with E-state index in [0.717, 1.165) is 13.1 Å². The lowest BCUT2D eigenvalue weighted by Crippen LogP contribution is -2.58. The van der Waals surface area contributed by atoms with E-state index < -0.39 is 5.41 Å². The number of ether oxygens (including phenoxy) is 2. The average Bonchev–Trinajstić information content (AvgIpc) is 2.52. The molecular formula is C18H33N3O4. The maximum Gasteiger partial charge on any atom is 0.237 e. The molecule has 7 heteroatoms. The summed E-state index contributed by atoms with van der Waals surface area (Å²) in [7, 11) is 0. The fraction of sp³-hybridized carbons (Fsp3) is 0.889. The van der Waals surface area contributed by atoms with E-state index in [9.17, 15) is 9.59 Å². The first-order valence-electron chi connectivity index (χ1n) is 9.30. The number of amides is 2. The zero-order valence-electron chi connectivity index (χ0n) is 15.9. The maximum atomic E-state index is 12.9. The van der Waals surface area contributed by atoms with Gasteiger partial charge in [0.2, 0.25) is 11.8 Å². The molecule has 2 fully saturated rings. The summed E-state index contributed by atoms with van der Waals surface area (Å²) in [4.78, 5) is 27.1. The summed E-state index contributed by atoms with van der Waals surface area (Å²) in [5.41, 5.74) is 4.94. The van der Waals surface area contributed by atoms with Crippen LogP contribution < -0.4 is 11.1 Å². The Hall–Kier alpha value is -1.18. The molecule has 0 aliphatic carbocycles. The second kappa shape index (κ2) is 8.47. The van der Waals surface area contributed by atoms with Gasteiger partial charge >= 0.3 is 0 Å². The Morgan fingerprint density at radius 3 is 2.24 bits per heavy atom. The van der Waals surface area contributed by atoms with Crippen LogP contribution in [0.2, 0.25) is 0 Å². The molecule has 2 aliphatic rings. The quantitative estimate of drug-likeness (QED) is 0.724. The molecular weight excluding hydrogens is 322 g/mol. The normalized spacial score (nSPS) is 28.5. The lowest BCUT2D eigenvalue weighted by molar-refractivity contribution is -0.138. The third kappa shape index (κ3) is 4.92. The van der Waals surface area contributed by atoms with Crippen LogP contribution in [0.25, 0.3) is 0 Å². The highest BCUT2D eigenvalue weighted by Gasteiger charge is 2.40. The Bertz CT molecular complexity index is 467. The predicted octanol–water partition coefficient (Wildman–Crippen LogP) is 0.519. The van der Waals surface area contributed by atoms with Crippen LogP contribution in [0.15, 0.2) is 0 Å². The standard InChI is InChI=1S/C18H33N3O4/c1-12(2)15(21-9-13(3)25-14(4)10-21)16(22)20-11-18(17(19)23)5-7-24-8-6-18/h12-15H,5-11H2,1-4H3,(H2,19,23)(H,20,22). The van der Waals surface area contributed by atoms with Gasteiger partial charge in [-0.2, -0.15) is 0 Å². The highest BCUT2D eigenvalue weighted by atomic mass is 16.5. The second-order valence-electron chi connectivity index (χ2n) is 7.87. The molecule has 2 rings (SSSR count). The number of carbonyl (C=O) groups is 2. The Labute approximate surface area is 150 Å². The number of nitrogens with two attached hydrogens (primary N) is 1. The smallest absolute Gasteiger partial charge is 0.237 e. The molecule has 2 aliphatic heterocycles. The van der Waals surface area contributed by atoms with Gasteiger partial charge in [0, 0.05) is 32.8 Å². The molecule has 2 saturated heterocycles. The minimum Gasteiger partial charge on any atom is -0.381 e. The molecule has 2 heterocycles. The van der Waals surface area contributed by atoms with Gasteiger partial charge in [0.15, 0.2) is 0 Å². The maximum absolute atomic E-state index is 12.9. The Morgan fingerprint density at radius 1 is 1.20 bits per heavy atom. The number of carbonyl (C=O) groups excluding carboxylic acids is 2. The van der Waals surface area contributed by atoms with E-state index in [0.29, 0.717) is 26.1 Å². The van der Waals surface area contributed by atoms with E-state index in [4.69, 9.17) is 15.2 Å². The van der Waals surface area contributed by atoms with Crippen LogP contribution >= 0.6 is 0 Å². The first kappa shape index (κ1) is 20.1. The number of nitrogens with zero attached hydrogens (tertiary/aromatic N) is 1. The molecule has 144 valence electrons. The number of nitrogens with one attached hydrogen (secondary N) is 1. The molecule has 0 aromatic heterocycles. The van der Waals surface area contributed by atoms with Gasteiger partial charge in [-0.15, -0.1) is 0 Å². The van der Waals surface area contributed by atoms with Crippen LogP contribution in [0, 0.1) is 11.3 Å². The summed E-state index contributed by atoms with van der Waals surface area (Å²) < 4.78 is 11.1. The second-order valence-corrected chi connectivity index (χ2v) is 7.87. The number of hydrogen-bond acceptors (Lipinski definition) is 5. The monoisotopic (exact) mass is 355 g/mol. The summed E-state index contributed by atoms with van der Waals surface area (Å²) in [5, 5.41) is 3.01. The lowest BCUT2D eigenvalue weighted by Gasteiger charge is -2.41. The zero-order valence-corrected chi connectivity index (χ0v) is 15.9. The summed E-state index contributed by atoms with van der Waals surface area (Å²) in [6.45, 7) is 10.9. The highest BCUT2D eigenvalue weighted by molar-refractivity contribution is 5.85. The Balaban J connectivity index is 2.03. The zero-order chi connectivity index (χ0) is 18.6. The molecule has 0 saturated carbocycles. The summed E-state index contributed by atoms with van der Waals surface area (Å²) in [6.07, 6.45) is 1.32. The number of primary amides is 1. The fourth-order valence-corrected chi connectivity index (χ4v) is 3.97. The third-order valence-electron chi connectivity index (χ3n) is 5.31. The van der Waals surface area contributed by atoms with Crippen molar-refractivity contribution >= 4 is 11.8 Å². The van der Waals surface area contributed by atoms with Crippen molar-refractivity contribution in [1.29, 1.82) is 0 Å². The van der Waals surface area contributed by atoms with Gasteiger partial charge in [0.05, 0.1) is 23.7 Å². The van der Waals surface area contributed by atoms with Gasteiger partial charge in [0.25, 0.3) is 0 Å². The van der Waals surface area contributed by atoms with Crippen LogP contribution in [-0.2, 0) is 19.1 Å². The van der Waals surface area contributed by atoms with Gasteiger partial charge < -0.3 is 20.5 Å². The van der Waals surface area contributed by atoms with Crippen LogP contribution in [0.3, 0.4) is 0 Å². The van der Waals surface area contributed by atoms with Crippen LogP contribution in [0.5, 0.6) is 0 Å². The topological polar surface area (TPSA) is 93.9 Å². The minimum atomic E-state index is -0.693. The largest absolute Gasteiger partial charge is 0.381 e. The first-order valence-corrected chi connectivity index (χ1v) is 9.30. The van der Waals surface area contributed by atoms with Gasteiger partial charge in [-0.05, 0) is 32.6 Å². The third-order valence-corrected chi connectivity index (χ3v) is 5.31. The van der Waals surface area contributed by atoms with E-state index in [-0.39, 0.29) is 42.5 Å². The van der Waals surface area contributed by atoms with Gasteiger partial charge in [-0.25, -0.2) is 0 Å². The predicted molar refractivity (Wildman–Crippen MR) is 94.9 cm³/mol. The molecule has 0 spiro atoms. The Morgan fingerprint density at radius 2 is 1.76 bits per heavy atom. The molecule has 0 aromatic rings. The molecule has 2 amide bonds. The van der Waals surface area contributed by atoms with Crippen LogP contribution in [0.4, 0.5) is 0 Å². The lowest BCUT2D eigenvalue weighted by atomic mass is 9.79. The first-order chi connectivity index (χ1) is 11.7. The van der Waals surface area contributed by atoms with Crippen molar-refractivity contribution in [3.05, 3.63) is 0 Å². The SMILES string of the molecule is CC1CN(C(C(=O)NCC2(C(N)=O)CCOCC2)C(C)C)CC(C)O1. The highest BCUT2D eigenvalue weighted by Crippen LogP contribution is 2.29. The van der Waals surface area contributed by atoms with Gasteiger partial charge in [0.1, 0.15) is 0 Å². The molecule has 0 bridgehead atoms. The van der Waals surface area contributed by atoms with Crippen molar-refractivity contribution in [1.82, 2.24) is 10.2 Å². The van der Waals surface area contributed by atoms with Crippen molar-refractivity contribution in [2.24, 2.45) is 17.1 Å². The van der Waals surface area contributed by atoms with Gasteiger partial charge in [-0.1, -0.05) is 13.8 Å². The van der Waals surface area contributed by atoms with E-state index in [1.165, 1.54) is 0 Å². The van der Waals surface area contributed by atoms with E-state index in [1.54, 1.807) is 0 Å². The number of rotatable bonds is 6. The van der Waals surface area contributed by atoms with Crippen LogP contribution in [0.1, 0.15) is 40.5 Å².